The lowest BCUT2D eigenvalue weighted by molar-refractivity contribution is -0.127. The number of aromatic nitrogens is 2. The lowest BCUT2D eigenvalue weighted by Gasteiger charge is -2.40. The van der Waals surface area contributed by atoms with Crippen LogP contribution in [-0.4, -0.2) is 76.7 Å². The van der Waals surface area contributed by atoms with Gasteiger partial charge in [0.25, 0.3) is 0 Å². The second-order valence-electron chi connectivity index (χ2n) is 8.96. The third-order valence-electron chi connectivity index (χ3n) is 6.15. The van der Waals surface area contributed by atoms with Gasteiger partial charge in [0.2, 0.25) is 11.8 Å². The Morgan fingerprint density at radius 2 is 2.03 bits per heavy atom. The molecule has 1 aromatic heterocycles. The van der Waals surface area contributed by atoms with Crippen LogP contribution in [0.2, 0.25) is 10.2 Å². The number of rotatable bonds is 6. The molecule has 37 heavy (non-hydrogen) atoms. The summed E-state index contributed by atoms with van der Waals surface area (Å²) in [6.45, 7) is 4.21. The number of nitrogens with zero attached hydrogens (tertiary/aromatic N) is 4. The highest BCUT2D eigenvalue weighted by Gasteiger charge is 2.29. The van der Waals surface area contributed by atoms with Crippen LogP contribution in [-0.2, 0) is 9.59 Å². The van der Waals surface area contributed by atoms with E-state index in [1.54, 1.807) is 35.2 Å². The van der Waals surface area contributed by atoms with Crippen LogP contribution in [0.1, 0.15) is 26.2 Å². The van der Waals surface area contributed by atoms with E-state index in [0.29, 0.717) is 54.3 Å². The summed E-state index contributed by atoms with van der Waals surface area (Å²) in [6, 6.07) is 7.91. The molecule has 1 aromatic carbocycles. The average Bonchev–Trinajstić information content (AvgIpc) is 3.06. The lowest BCUT2D eigenvalue weighted by atomic mass is 10.1. The van der Waals surface area contributed by atoms with Gasteiger partial charge in [0.1, 0.15) is 17.0 Å². The van der Waals surface area contributed by atoms with Gasteiger partial charge in [-0.2, -0.15) is 0 Å². The Morgan fingerprint density at radius 3 is 2.81 bits per heavy atom. The quantitative estimate of drug-likeness (QED) is 0.279. The summed E-state index contributed by atoms with van der Waals surface area (Å²) >= 11 is 13.4. The van der Waals surface area contributed by atoms with E-state index in [2.05, 4.69) is 25.9 Å². The van der Waals surface area contributed by atoms with E-state index in [9.17, 15) is 14.4 Å². The molecule has 2 atom stereocenters. The first kappa shape index (κ1) is 27.3. The number of benzene rings is 1. The molecule has 4 rings (SSSR count). The van der Waals surface area contributed by atoms with Gasteiger partial charge >= 0.3 is 6.03 Å². The number of hydrogen-bond acceptors (Lipinski definition) is 7. The fourth-order valence-electron chi connectivity index (χ4n) is 4.28. The van der Waals surface area contributed by atoms with Crippen LogP contribution in [0.4, 0.5) is 16.3 Å². The molecule has 2 aliphatic rings. The molecule has 0 radical (unpaired) electrons. The van der Waals surface area contributed by atoms with Gasteiger partial charge in [-0.05, 0) is 44.4 Å². The number of anilines is 2. The molecule has 198 valence electrons. The van der Waals surface area contributed by atoms with Crippen molar-refractivity contribution in [3.63, 3.8) is 0 Å². The SMILES string of the molecule is C[C@H]1CN(c2cc(Cl)nc(SCC(=O)N[C@H]3CCCCNC3=O)n2)CCN1C(=O)Nc1cccc(Cl)c1. The van der Waals surface area contributed by atoms with E-state index in [-0.39, 0.29) is 34.8 Å². The molecular formula is C24H29Cl2N7O3S. The maximum absolute atomic E-state index is 12.8. The number of carbonyl (C=O) groups is 3. The zero-order valence-corrected chi connectivity index (χ0v) is 22.7. The number of hydrogen-bond donors (Lipinski definition) is 3. The molecule has 4 amide bonds. The molecule has 0 unspecified atom stereocenters. The van der Waals surface area contributed by atoms with Crippen molar-refractivity contribution in [3.05, 3.63) is 40.5 Å². The normalized spacial score (nSPS) is 20.1. The summed E-state index contributed by atoms with van der Waals surface area (Å²) in [7, 11) is 0. The standard InChI is InChI=1S/C24H29Cl2N7O3S/c1-15-13-32(9-10-33(15)24(36)28-17-6-4-5-16(25)11-17)20-12-19(26)30-23(31-20)37-14-21(34)29-18-7-2-3-8-27-22(18)35/h4-6,11-12,15,18H,2-3,7-10,13-14H2,1H3,(H,27,35)(H,28,36)(H,29,34)/t15-,18-/m0/s1. The number of carbonyl (C=O) groups excluding carboxylic acids is 3. The summed E-state index contributed by atoms with van der Waals surface area (Å²) < 4.78 is 0. The Morgan fingerprint density at radius 1 is 1.19 bits per heavy atom. The number of nitrogens with one attached hydrogen (secondary N) is 3. The van der Waals surface area contributed by atoms with Gasteiger partial charge < -0.3 is 25.8 Å². The summed E-state index contributed by atoms with van der Waals surface area (Å²) in [6.07, 6.45) is 2.41. The van der Waals surface area contributed by atoms with E-state index in [1.807, 2.05) is 11.8 Å². The monoisotopic (exact) mass is 565 g/mol. The first-order chi connectivity index (χ1) is 17.8. The molecule has 2 fully saturated rings. The van der Waals surface area contributed by atoms with Gasteiger partial charge in [0, 0.05) is 49.0 Å². The molecule has 0 bridgehead atoms. The van der Waals surface area contributed by atoms with E-state index in [0.717, 1.165) is 24.6 Å². The van der Waals surface area contributed by atoms with Crippen molar-refractivity contribution in [2.24, 2.45) is 0 Å². The van der Waals surface area contributed by atoms with Crippen LogP contribution in [0, 0.1) is 0 Å². The van der Waals surface area contributed by atoms with Crippen LogP contribution in [0.15, 0.2) is 35.5 Å². The van der Waals surface area contributed by atoms with Gasteiger partial charge in [-0.15, -0.1) is 0 Å². The molecule has 2 saturated heterocycles. The Hall–Kier alpha value is -2.76. The van der Waals surface area contributed by atoms with Crippen molar-refractivity contribution in [1.29, 1.82) is 0 Å². The maximum Gasteiger partial charge on any atom is 0.322 e. The first-order valence-electron chi connectivity index (χ1n) is 12.1. The van der Waals surface area contributed by atoms with Crippen LogP contribution >= 0.6 is 35.0 Å². The van der Waals surface area contributed by atoms with Crippen molar-refractivity contribution in [1.82, 2.24) is 25.5 Å². The number of piperazine rings is 1. The zero-order chi connectivity index (χ0) is 26.4. The van der Waals surface area contributed by atoms with Crippen molar-refractivity contribution in [2.45, 2.75) is 43.4 Å². The van der Waals surface area contributed by atoms with E-state index < -0.39 is 6.04 Å². The molecule has 2 aliphatic heterocycles. The highest BCUT2D eigenvalue weighted by Crippen LogP contribution is 2.25. The van der Waals surface area contributed by atoms with Crippen LogP contribution in [0.3, 0.4) is 0 Å². The lowest BCUT2D eigenvalue weighted by Crippen LogP contribution is -2.55. The first-order valence-corrected chi connectivity index (χ1v) is 13.9. The smallest absolute Gasteiger partial charge is 0.322 e. The predicted molar refractivity (Wildman–Crippen MR) is 145 cm³/mol. The van der Waals surface area contributed by atoms with Crippen molar-refractivity contribution in [3.8, 4) is 0 Å². The topological polar surface area (TPSA) is 120 Å². The van der Waals surface area contributed by atoms with Crippen molar-refractivity contribution < 1.29 is 14.4 Å². The highest BCUT2D eigenvalue weighted by atomic mass is 35.5. The Balaban J connectivity index is 1.32. The summed E-state index contributed by atoms with van der Waals surface area (Å²) in [5, 5.41) is 9.69. The van der Waals surface area contributed by atoms with Crippen molar-refractivity contribution in [2.75, 3.05) is 42.1 Å². The number of thioether (sulfide) groups is 1. The summed E-state index contributed by atoms with van der Waals surface area (Å²) in [4.78, 5) is 50.0. The fourth-order valence-corrected chi connectivity index (χ4v) is 5.37. The molecule has 0 saturated carbocycles. The summed E-state index contributed by atoms with van der Waals surface area (Å²) in [5.74, 6) is 0.293. The molecule has 0 spiro atoms. The third-order valence-corrected chi connectivity index (χ3v) is 7.43. The second kappa shape index (κ2) is 12.7. The molecule has 3 heterocycles. The van der Waals surface area contributed by atoms with Gasteiger partial charge in [0.05, 0.1) is 5.75 Å². The highest BCUT2D eigenvalue weighted by molar-refractivity contribution is 7.99. The van der Waals surface area contributed by atoms with Gasteiger partial charge in [0.15, 0.2) is 5.16 Å². The number of halogens is 2. The molecule has 3 N–H and O–H groups in total. The predicted octanol–water partition coefficient (Wildman–Crippen LogP) is 3.40. The minimum atomic E-state index is -0.514. The van der Waals surface area contributed by atoms with E-state index in [4.69, 9.17) is 23.2 Å². The maximum atomic E-state index is 12.8. The Bertz CT molecular complexity index is 1160. The summed E-state index contributed by atoms with van der Waals surface area (Å²) in [5.41, 5.74) is 0.639. The van der Waals surface area contributed by atoms with Crippen molar-refractivity contribution >= 4 is 64.3 Å². The van der Waals surface area contributed by atoms with Gasteiger partial charge in [-0.3, -0.25) is 9.59 Å². The molecule has 10 nitrogen and oxygen atoms in total. The molecule has 0 aliphatic carbocycles. The van der Waals surface area contributed by atoms with E-state index >= 15 is 0 Å². The van der Waals surface area contributed by atoms with Crippen LogP contribution in [0.25, 0.3) is 0 Å². The molecule has 13 heteroatoms. The third kappa shape index (κ3) is 7.62. The largest absolute Gasteiger partial charge is 0.354 e. The van der Waals surface area contributed by atoms with E-state index in [1.165, 1.54) is 0 Å². The minimum absolute atomic E-state index is 0.0669. The average molecular weight is 567 g/mol. The molecular weight excluding hydrogens is 537 g/mol. The second-order valence-corrected chi connectivity index (χ2v) is 10.7. The minimum Gasteiger partial charge on any atom is -0.354 e. The van der Waals surface area contributed by atoms with Gasteiger partial charge in [-0.25, -0.2) is 14.8 Å². The van der Waals surface area contributed by atoms with Crippen LogP contribution < -0.4 is 20.9 Å². The Labute approximate surface area is 229 Å². The fraction of sp³-hybridized carbons (Fsp3) is 0.458. The van der Waals surface area contributed by atoms with Crippen LogP contribution in [0.5, 0.6) is 0 Å². The number of amides is 4. The number of urea groups is 1. The Kier molecular flexibility index (Phi) is 9.33. The van der Waals surface area contributed by atoms with Gasteiger partial charge in [-0.1, -0.05) is 41.0 Å². The zero-order valence-electron chi connectivity index (χ0n) is 20.4. The molecule has 2 aromatic rings.